The highest BCUT2D eigenvalue weighted by molar-refractivity contribution is 5.81. The third kappa shape index (κ3) is 4.33. The molecule has 0 N–H and O–H groups in total. The van der Waals surface area contributed by atoms with Crippen LogP contribution in [-0.4, -0.2) is 36.2 Å². The molecule has 0 rings (SSSR count). The minimum atomic E-state index is -5.26. The van der Waals surface area contributed by atoms with E-state index in [0.29, 0.717) is 0 Å². The third-order valence-electron chi connectivity index (χ3n) is 1.28. The van der Waals surface area contributed by atoms with Crippen LogP contribution in [0.15, 0.2) is 0 Å². The molecule has 1 amide bonds. The fourth-order valence-electron chi connectivity index (χ4n) is 0.723. The van der Waals surface area contributed by atoms with Gasteiger partial charge in [0.1, 0.15) is 6.54 Å². The Bertz CT molecular complexity index is 207. The van der Waals surface area contributed by atoms with Gasteiger partial charge in [0, 0.05) is 6.54 Å². The van der Waals surface area contributed by atoms with Crippen molar-refractivity contribution in [2.45, 2.75) is 19.3 Å². The Morgan fingerprint density at radius 3 is 1.79 bits per heavy atom. The van der Waals surface area contributed by atoms with Gasteiger partial charge in [-0.3, -0.25) is 4.79 Å². The summed E-state index contributed by atoms with van der Waals surface area (Å²) in [7, 11) is 0. The zero-order valence-corrected chi connectivity index (χ0v) is 7.04. The van der Waals surface area contributed by atoms with E-state index in [4.69, 9.17) is 0 Å². The predicted octanol–water partition coefficient (Wildman–Crippen LogP) is 1.96. The van der Waals surface area contributed by atoms with Gasteiger partial charge in [0.2, 0.25) is 0 Å². The number of amides is 1. The fourth-order valence-corrected chi connectivity index (χ4v) is 0.723. The second-order valence-electron chi connectivity index (χ2n) is 2.43. The summed E-state index contributed by atoms with van der Waals surface area (Å²) in [5.74, 6) is -2.47. The molecule has 0 atom stereocenters. The summed E-state index contributed by atoms with van der Waals surface area (Å²) in [5, 5.41) is 0. The summed E-state index contributed by atoms with van der Waals surface area (Å²) in [5.41, 5.74) is 0. The number of carbonyl (C=O) groups is 1. The van der Waals surface area contributed by atoms with Gasteiger partial charge in [-0.1, -0.05) is 0 Å². The van der Waals surface area contributed by atoms with Crippen LogP contribution in [0.2, 0.25) is 0 Å². The molecule has 0 spiro atoms. The van der Waals surface area contributed by atoms with Gasteiger partial charge in [-0.25, -0.2) is 0 Å². The van der Waals surface area contributed by atoms with Crippen molar-refractivity contribution in [2.75, 3.05) is 13.1 Å². The third-order valence-corrected chi connectivity index (χ3v) is 1.28. The maximum absolute atomic E-state index is 11.7. The number of alkyl halides is 6. The van der Waals surface area contributed by atoms with Crippen LogP contribution in [0.4, 0.5) is 26.3 Å². The highest BCUT2D eigenvalue weighted by atomic mass is 19.4. The van der Waals surface area contributed by atoms with Gasteiger partial charge >= 0.3 is 18.3 Å². The zero-order chi connectivity index (χ0) is 11.6. The van der Waals surface area contributed by atoms with E-state index in [2.05, 4.69) is 0 Å². The van der Waals surface area contributed by atoms with Crippen LogP contribution in [0.25, 0.3) is 0 Å². The second kappa shape index (κ2) is 4.05. The van der Waals surface area contributed by atoms with E-state index in [9.17, 15) is 31.1 Å². The molecular formula is C6H7F6NO. The normalized spacial score (nSPS) is 12.8. The van der Waals surface area contributed by atoms with E-state index in [-0.39, 0.29) is 4.90 Å². The molecule has 0 heterocycles. The predicted molar refractivity (Wildman–Crippen MR) is 34.4 cm³/mol. The van der Waals surface area contributed by atoms with Crippen molar-refractivity contribution in [3.05, 3.63) is 0 Å². The van der Waals surface area contributed by atoms with Gasteiger partial charge in [0.25, 0.3) is 0 Å². The number of carbonyl (C=O) groups excluding carboxylic acids is 1. The molecule has 0 radical (unpaired) electrons. The molecule has 0 aliphatic rings. The smallest absolute Gasteiger partial charge is 0.326 e. The highest BCUT2D eigenvalue weighted by Crippen LogP contribution is 2.22. The zero-order valence-electron chi connectivity index (χ0n) is 7.04. The average Bonchev–Trinajstić information content (AvgIpc) is 1.95. The molecule has 0 aromatic heterocycles. The van der Waals surface area contributed by atoms with Crippen molar-refractivity contribution in [1.82, 2.24) is 4.90 Å². The minimum absolute atomic E-state index is 0.306. The van der Waals surface area contributed by atoms with Crippen LogP contribution in [0.1, 0.15) is 6.92 Å². The Hall–Kier alpha value is -0.950. The molecule has 2 nitrogen and oxygen atoms in total. The first kappa shape index (κ1) is 13.1. The van der Waals surface area contributed by atoms with Gasteiger partial charge in [-0.2, -0.15) is 26.3 Å². The van der Waals surface area contributed by atoms with Crippen molar-refractivity contribution >= 4 is 5.91 Å². The van der Waals surface area contributed by atoms with Gasteiger partial charge in [0.15, 0.2) is 0 Å². The molecular weight excluding hydrogens is 216 g/mol. The lowest BCUT2D eigenvalue weighted by Crippen LogP contribution is -2.45. The lowest BCUT2D eigenvalue weighted by atomic mass is 10.4. The summed E-state index contributed by atoms with van der Waals surface area (Å²) in [4.78, 5) is 10.1. The van der Waals surface area contributed by atoms with Crippen molar-refractivity contribution in [3.63, 3.8) is 0 Å². The Kier molecular flexibility index (Phi) is 3.78. The molecule has 0 saturated carbocycles. The number of nitrogens with zero attached hydrogens (tertiary/aromatic N) is 1. The molecule has 0 bridgehead atoms. The van der Waals surface area contributed by atoms with E-state index in [1.54, 1.807) is 0 Å². The molecule has 0 fully saturated rings. The molecule has 0 aromatic carbocycles. The van der Waals surface area contributed by atoms with Crippen LogP contribution in [0.5, 0.6) is 0 Å². The van der Waals surface area contributed by atoms with Crippen LogP contribution in [0.3, 0.4) is 0 Å². The van der Waals surface area contributed by atoms with Gasteiger partial charge < -0.3 is 4.90 Å². The van der Waals surface area contributed by atoms with E-state index in [1.807, 2.05) is 0 Å². The lowest BCUT2D eigenvalue weighted by molar-refractivity contribution is -0.197. The summed E-state index contributed by atoms with van der Waals surface area (Å²) in [6, 6.07) is 0. The molecule has 0 aliphatic carbocycles. The van der Waals surface area contributed by atoms with E-state index in [0.717, 1.165) is 6.92 Å². The van der Waals surface area contributed by atoms with Gasteiger partial charge in [-0.15, -0.1) is 0 Å². The van der Waals surface area contributed by atoms with Crippen molar-refractivity contribution in [3.8, 4) is 0 Å². The molecule has 0 unspecified atom stereocenters. The molecule has 14 heavy (non-hydrogen) atoms. The first-order valence-corrected chi connectivity index (χ1v) is 3.50. The Labute approximate surface area is 75.5 Å². The SMILES string of the molecule is CCN(CC(F)(F)F)C(=O)C(F)(F)F. The van der Waals surface area contributed by atoms with E-state index < -0.39 is 31.3 Å². The van der Waals surface area contributed by atoms with E-state index in [1.165, 1.54) is 0 Å². The van der Waals surface area contributed by atoms with Crippen LogP contribution >= 0.6 is 0 Å². The Balaban J connectivity index is 4.51. The summed E-state index contributed by atoms with van der Waals surface area (Å²) < 4.78 is 70.1. The van der Waals surface area contributed by atoms with Crippen molar-refractivity contribution < 1.29 is 31.1 Å². The van der Waals surface area contributed by atoms with Crippen LogP contribution < -0.4 is 0 Å². The molecule has 8 heteroatoms. The number of halogens is 6. The van der Waals surface area contributed by atoms with Crippen LogP contribution in [-0.2, 0) is 4.79 Å². The largest absolute Gasteiger partial charge is 0.471 e. The summed E-state index contributed by atoms with van der Waals surface area (Å²) in [6.45, 7) is -1.49. The lowest BCUT2D eigenvalue weighted by Gasteiger charge is -2.22. The molecule has 0 aromatic rings. The summed E-state index contributed by atoms with van der Waals surface area (Å²) >= 11 is 0. The number of hydrogen-bond donors (Lipinski definition) is 0. The first-order chi connectivity index (χ1) is 6.08. The topological polar surface area (TPSA) is 20.3 Å². The van der Waals surface area contributed by atoms with Gasteiger partial charge in [-0.05, 0) is 6.92 Å². The second-order valence-corrected chi connectivity index (χ2v) is 2.43. The first-order valence-electron chi connectivity index (χ1n) is 3.50. The average molecular weight is 223 g/mol. The highest BCUT2D eigenvalue weighted by Gasteiger charge is 2.45. The molecule has 0 saturated heterocycles. The van der Waals surface area contributed by atoms with Crippen molar-refractivity contribution in [1.29, 1.82) is 0 Å². The standard InChI is InChI=1S/C6H7F6NO/c1-2-13(3-5(7,8)9)4(14)6(10,11)12/h2-3H2,1H3. The maximum Gasteiger partial charge on any atom is 0.471 e. The quantitative estimate of drug-likeness (QED) is 0.655. The van der Waals surface area contributed by atoms with E-state index >= 15 is 0 Å². The Morgan fingerprint density at radius 2 is 1.57 bits per heavy atom. The Morgan fingerprint density at radius 1 is 1.14 bits per heavy atom. The number of rotatable bonds is 2. The number of hydrogen-bond acceptors (Lipinski definition) is 1. The fraction of sp³-hybridized carbons (Fsp3) is 0.833. The molecule has 84 valence electrons. The van der Waals surface area contributed by atoms with Crippen LogP contribution in [0, 0.1) is 0 Å². The monoisotopic (exact) mass is 223 g/mol. The maximum atomic E-state index is 11.7. The molecule has 0 aliphatic heterocycles. The minimum Gasteiger partial charge on any atom is -0.326 e. The van der Waals surface area contributed by atoms with Crippen molar-refractivity contribution in [2.24, 2.45) is 0 Å². The summed E-state index contributed by atoms with van der Waals surface area (Å²) in [6.07, 6.45) is -10.1. The van der Waals surface area contributed by atoms with Gasteiger partial charge in [0.05, 0.1) is 0 Å².